The number of nitrogens with zero attached hydrogens (tertiary/aromatic N) is 3. The van der Waals surface area contributed by atoms with Gasteiger partial charge in [0.1, 0.15) is 17.7 Å². The van der Waals surface area contributed by atoms with Gasteiger partial charge < -0.3 is 4.90 Å². The maximum absolute atomic E-state index is 13.4. The Kier molecular flexibility index (Phi) is 8.93. The molecule has 0 saturated carbocycles. The van der Waals surface area contributed by atoms with Crippen LogP contribution >= 0.6 is 22.7 Å². The molecule has 0 spiro atoms. The Balaban J connectivity index is 1.12. The van der Waals surface area contributed by atoms with Gasteiger partial charge in [0.15, 0.2) is 5.78 Å². The summed E-state index contributed by atoms with van der Waals surface area (Å²) in [7, 11) is 0. The minimum Gasteiger partial charge on any atom is -0.310 e. The van der Waals surface area contributed by atoms with Gasteiger partial charge in [-0.3, -0.25) is 4.79 Å². The lowest BCUT2D eigenvalue weighted by molar-refractivity contribution is 0.104. The smallest absolute Gasteiger partial charge is 0.194 e. The highest BCUT2D eigenvalue weighted by atomic mass is 32.1. The summed E-state index contributed by atoms with van der Waals surface area (Å²) < 4.78 is 3.77. The predicted octanol–water partition coefficient (Wildman–Crippen LogP) is 13.9. The quantitative estimate of drug-likeness (QED) is 0.130. The monoisotopic (exact) mass is 749 g/mol. The Morgan fingerprint density at radius 3 is 1.76 bits per heavy atom. The largest absolute Gasteiger partial charge is 0.310 e. The second-order valence-electron chi connectivity index (χ2n) is 16.0. The molecule has 0 bridgehead atoms. The average molecular weight is 750 g/mol. The molecule has 2 aromatic heterocycles. The number of Topliss-reactive ketones (excluding diaryl/α,β-unsaturated/α-hetero) is 1. The van der Waals surface area contributed by atoms with E-state index in [0.717, 1.165) is 28.2 Å². The van der Waals surface area contributed by atoms with Crippen molar-refractivity contribution in [3.8, 4) is 22.6 Å². The summed E-state index contributed by atoms with van der Waals surface area (Å²) in [5.41, 5.74) is 9.92. The summed E-state index contributed by atoms with van der Waals surface area (Å²) in [5.74, 6) is -0.175. The fraction of sp³-hybridized carbons (Fsp3) is 0.163. The second-order valence-corrected chi connectivity index (χ2v) is 18.2. The number of benzene rings is 5. The van der Waals surface area contributed by atoms with Crippen molar-refractivity contribution in [3.05, 3.63) is 160 Å². The van der Waals surface area contributed by atoms with Crippen LogP contribution in [0.4, 0.5) is 17.1 Å². The molecule has 1 aliphatic rings. The Bertz CT molecular complexity index is 2710. The van der Waals surface area contributed by atoms with Crippen LogP contribution in [-0.4, -0.2) is 5.78 Å². The standard InChI is InChI=1S/C49H39N3OS2/c1-48(2,3)33-15-19-35(20-16-33)52(36-21-17-34(18-22-36)49(4,5)6)37-23-24-40-43(26-37)54-44-27-42(55-47(40)44)31-13-11-30(12-14-31)25-41-45(32(28-50)29-51)38-9-7-8-10-39(38)46(41)53/h7-27H,1-6H3/b41-25-. The van der Waals surface area contributed by atoms with E-state index in [1.807, 2.05) is 41.7 Å². The third-order valence-corrected chi connectivity index (χ3v) is 12.7. The molecule has 0 unspecified atom stereocenters. The van der Waals surface area contributed by atoms with Crippen molar-refractivity contribution in [2.24, 2.45) is 0 Å². The minimum atomic E-state index is -0.175. The maximum Gasteiger partial charge on any atom is 0.194 e. The van der Waals surface area contributed by atoms with Gasteiger partial charge in [0.2, 0.25) is 0 Å². The van der Waals surface area contributed by atoms with Crippen LogP contribution < -0.4 is 4.90 Å². The summed E-state index contributed by atoms with van der Waals surface area (Å²) in [6.45, 7) is 13.5. The van der Waals surface area contributed by atoms with Crippen LogP contribution in [-0.2, 0) is 10.8 Å². The van der Waals surface area contributed by atoms with Crippen LogP contribution in [0.15, 0.2) is 132 Å². The first-order valence-corrected chi connectivity index (χ1v) is 20.0. The van der Waals surface area contributed by atoms with E-state index in [1.54, 1.807) is 35.6 Å². The van der Waals surface area contributed by atoms with E-state index in [1.165, 1.54) is 35.5 Å². The molecule has 5 aromatic carbocycles. The Morgan fingerprint density at radius 2 is 1.20 bits per heavy atom. The first kappa shape index (κ1) is 36.0. The van der Waals surface area contributed by atoms with Crippen LogP contribution in [0.5, 0.6) is 0 Å². The molecule has 4 nitrogen and oxygen atoms in total. The number of fused-ring (bicyclic) bond motifs is 4. The highest BCUT2D eigenvalue weighted by Crippen LogP contribution is 2.46. The summed E-state index contributed by atoms with van der Waals surface area (Å²) >= 11 is 3.61. The van der Waals surface area contributed by atoms with Crippen LogP contribution in [0.2, 0.25) is 0 Å². The summed E-state index contributed by atoms with van der Waals surface area (Å²) in [5, 5.41) is 20.6. The molecular formula is C49H39N3OS2. The van der Waals surface area contributed by atoms with E-state index in [0.29, 0.717) is 22.3 Å². The molecule has 0 radical (unpaired) electrons. The molecule has 0 aliphatic heterocycles. The summed E-state index contributed by atoms with van der Waals surface area (Å²) in [4.78, 5) is 16.9. The third-order valence-electron chi connectivity index (χ3n) is 10.3. The van der Waals surface area contributed by atoms with Crippen molar-refractivity contribution in [3.63, 3.8) is 0 Å². The van der Waals surface area contributed by atoms with Crippen molar-refractivity contribution in [2.75, 3.05) is 4.90 Å². The van der Waals surface area contributed by atoms with Gasteiger partial charge in [0.05, 0.1) is 4.70 Å². The van der Waals surface area contributed by atoms with Gasteiger partial charge in [-0.2, -0.15) is 10.5 Å². The molecular weight excluding hydrogens is 711 g/mol. The second kappa shape index (κ2) is 13.7. The number of carbonyl (C=O) groups is 1. The van der Waals surface area contributed by atoms with E-state index >= 15 is 0 Å². The number of hydrogen-bond donors (Lipinski definition) is 0. The Morgan fingerprint density at radius 1 is 0.636 bits per heavy atom. The lowest BCUT2D eigenvalue weighted by Crippen LogP contribution is -2.14. The van der Waals surface area contributed by atoms with Crippen molar-refractivity contribution < 1.29 is 4.79 Å². The molecule has 268 valence electrons. The molecule has 0 N–H and O–H groups in total. The Hall–Kier alpha value is -6.05. The third kappa shape index (κ3) is 6.59. The van der Waals surface area contributed by atoms with Crippen molar-refractivity contribution >= 4 is 76.7 Å². The van der Waals surface area contributed by atoms with Crippen LogP contribution in [0.25, 0.3) is 41.6 Å². The molecule has 2 heterocycles. The minimum absolute atomic E-state index is 0.0589. The zero-order chi connectivity index (χ0) is 38.6. The zero-order valence-electron chi connectivity index (χ0n) is 31.7. The first-order chi connectivity index (χ1) is 26.3. The molecule has 55 heavy (non-hydrogen) atoms. The fourth-order valence-electron chi connectivity index (χ4n) is 7.25. The van der Waals surface area contributed by atoms with Crippen LogP contribution in [0.3, 0.4) is 0 Å². The van der Waals surface area contributed by atoms with Gasteiger partial charge in [-0.1, -0.05) is 120 Å². The lowest BCUT2D eigenvalue weighted by atomic mass is 9.86. The van der Waals surface area contributed by atoms with E-state index in [2.05, 4.69) is 131 Å². The van der Waals surface area contributed by atoms with Gasteiger partial charge in [0.25, 0.3) is 0 Å². The van der Waals surface area contributed by atoms with Crippen molar-refractivity contribution in [2.45, 2.75) is 52.4 Å². The van der Waals surface area contributed by atoms with Crippen LogP contribution in [0.1, 0.15) is 74.2 Å². The SMILES string of the molecule is CC(C)(C)c1ccc(N(c2ccc(C(C)(C)C)cc2)c2ccc3c(c2)sc2cc(-c4ccc(/C=C5\C(=O)c6ccccc6C5=C(C#N)C#N)cc4)sc23)cc1. The zero-order valence-corrected chi connectivity index (χ0v) is 33.3. The summed E-state index contributed by atoms with van der Waals surface area (Å²) in [6, 6.07) is 46.3. The number of thiophene rings is 2. The van der Waals surface area contributed by atoms with E-state index in [9.17, 15) is 15.3 Å². The summed E-state index contributed by atoms with van der Waals surface area (Å²) in [6.07, 6.45) is 1.79. The van der Waals surface area contributed by atoms with Gasteiger partial charge in [-0.25, -0.2) is 0 Å². The average Bonchev–Trinajstić information content (AvgIpc) is 3.82. The van der Waals surface area contributed by atoms with E-state index in [-0.39, 0.29) is 22.2 Å². The molecule has 0 atom stereocenters. The van der Waals surface area contributed by atoms with Gasteiger partial charge in [-0.15, -0.1) is 22.7 Å². The molecule has 7 aromatic rings. The van der Waals surface area contributed by atoms with Gasteiger partial charge in [0, 0.05) is 53.4 Å². The normalized spacial score (nSPS) is 13.6. The van der Waals surface area contributed by atoms with Gasteiger partial charge >= 0.3 is 0 Å². The number of rotatable bonds is 5. The molecule has 1 aliphatic carbocycles. The molecule has 0 saturated heterocycles. The number of hydrogen-bond acceptors (Lipinski definition) is 6. The molecule has 0 amide bonds. The fourth-order valence-corrected chi connectivity index (χ4v) is 9.81. The van der Waals surface area contributed by atoms with E-state index in [4.69, 9.17) is 0 Å². The van der Waals surface area contributed by atoms with Crippen molar-refractivity contribution in [1.29, 1.82) is 10.5 Å². The highest BCUT2D eigenvalue weighted by molar-refractivity contribution is 7.34. The first-order valence-electron chi connectivity index (χ1n) is 18.3. The predicted molar refractivity (Wildman–Crippen MR) is 232 cm³/mol. The number of ketones is 1. The number of anilines is 3. The number of carbonyl (C=O) groups excluding carboxylic acids is 1. The maximum atomic E-state index is 13.4. The van der Waals surface area contributed by atoms with E-state index < -0.39 is 0 Å². The van der Waals surface area contributed by atoms with Crippen LogP contribution in [0, 0.1) is 22.7 Å². The highest BCUT2D eigenvalue weighted by Gasteiger charge is 2.32. The topological polar surface area (TPSA) is 67.9 Å². The lowest BCUT2D eigenvalue weighted by Gasteiger charge is -2.28. The van der Waals surface area contributed by atoms with Crippen molar-refractivity contribution in [1.82, 2.24) is 0 Å². The molecule has 6 heteroatoms. The molecule has 8 rings (SSSR count). The Labute approximate surface area is 330 Å². The van der Waals surface area contributed by atoms with Gasteiger partial charge in [-0.05, 0) is 87.2 Å². The number of allylic oxidation sites excluding steroid dienone is 3. The number of nitriles is 2. The molecule has 0 fully saturated rings.